The van der Waals surface area contributed by atoms with Crippen molar-refractivity contribution < 1.29 is 0 Å². The number of rotatable bonds is 4. The van der Waals surface area contributed by atoms with Gasteiger partial charge in [-0.25, -0.2) is 0 Å². The maximum absolute atomic E-state index is 5.89. The predicted molar refractivity (Wildman–Crippen MR) is 89.3 cm³/mol. The molecular formula is C19H24N2. The lowest BCUT2D eigenvalue weighted by atomic mass is 10.0. The van der Waals surface area contributed by atoms with Gasteiger partial charge in [-0.3, -0.25) is 0 Å². The van der Waals surface area contributed by atoms with Crippen molar-refractivity contribution in [2.45, 2.75) is 45.2 Å². The molecule has 0 aliphatic heterocycles. The largest absolute Gasteiger partial charge is 0.399 e. The molecule has 1 aliphatic carbocycles. The van der Waals surface area contributed by atoms with Crippen LogP contribution in [0.1, 0.15) is 54.1 Å². The van der Waals surface area contributed by atoms with E-state index in [0.29, 0.717) is 12.1 Å². The van der Waals surface area contributed by atoms with Gasteiger partial charge in [0.05, 0.1) is 0 Å². The third kappa shape index (κ3) is 2.96. The highest BCUT2D eigenvalue weighted by atomic mass is 15.0. The number of hydrogen-bond donors (Lipinski definition) is 2. The van der Waals surface area contributed by atoms with Crippen molar-refractivity contribution in [1.29, 1.82) is 0 Å². The lowest BCUT2D eigenvalue weighted by Crippen LogP contribution is -2.24. The number of nitrogens with one attached hydrogen (secondary N) is 1. The molecule has 0 radical (unpaired) electrons. The summed E-state index contributed by atoms with van der Waals surface area (Å²) in [5, 5.41) is 3.84. The smallest absolute Gasteiger partial charge is 0.0331 e. The molecule has 1 aliphatic rings. The molecule has 0 bridgehead atoms. The Labute approximate surface area is 127 Å². The van der Waals surface area contributed by atoms with E-state index >= 15 is 0 Å². The zero-order valence-corrected chi connectivity index (χ0v) is 12.9. The summed E-state index contributed by atoms with van der Waals surface area (Å²) in [6.07, 6.45) is 3.40. The van der Waals surface area contributed by atoms with Crippen LogP contribution in [0.25, 0.3) is 0 Å². The summed E-state index contributed by atoms with van der Waals surface area (Å²) in [7, 11) is 0. The molecule has 2 nitrogen and oxygen atoms in total. The normalized spacial score (nSPS) is 18.5. The standard InChI is InChI=1S/C19H24N2/c1-3-18(14-6-4-13(2)5-7-14)21-19-11-8-15-12-16(20)9-10-17(15)19/h4-7,9-10,12,18-19,21H,3,8,11,20H2,1-2H3. The number of aryl methyl sites for hydroxylation is 2. The van der Waals surface area contributed by atoms with E-state index in [1.54, 1.807) is 0 Å². The van der Waals surface area contributed by atoms with Crippen LogP contribution in [0, 0.1) is 6.92 Å². The summed E-state index contributed by atoms with van der Waals surface area (Å²) in [4.78, 5) is 0. The van der Waals surface area contributed by atoms with Crippen LogP contribution in [0.15, 0.2) is 42.5 Å². The van der Waals surface area contributed by atoms with Crippen molar-refractivity contribution in [1.82, 2.24) is 5.32 Å². The minimum atomic E-state index is 0.416. The summed E-state index contributed by atoms with van der Waals surface area (Å²) in [5.41, 5.74) is 12.3. The molecule has 21 heavy (non-hydrogen) atoms. The van der Waals surface area contributed by atoms with E-state index in [2.05, 4.69) is 55.6 Å². The third-order valence-corrected chi connectivity index (χ3v) is 4.54. The fourth-order valence-electron chi connectivity index (χ4n) is 3.30. The molecule has 0 saturated carbocycles. The third-order valence-electron chi connectivity index (χ3n) is 4.54. The van der Waals surface area contributed by atoms with E-state index in [1.807, 2.05) is 6.07 Å². The zero-order chi connectivity index (χ0) is 14.8. The lowest BCUT2D eigenvalue weighted by molar-refractivity contribution is 0.433. The van der Waals surface area contributed by atoms with E-state index in [-0.39, 0.29) is 0 Å². The molecule has 2 heteroatoms. The van der Waals surface area contributed by atoms with Gasteiger partial charge in [-0.1, -0.05) is 42.8 Å². The molecule has 0 aromatic heterocycles. The lowest BCUT2D eigenvalue weighted by Gasteiger charge is -2.23. The molecule has 0 spiro atoms. The molecule has 3 N–H and O–H groups in total. The Balaban J connectivity index is 1.78. The zero-order valence-electron chi connectivity index (χ0n) is 12.9. The van der Waals surface area contributed by atoms with Crippen molar-refractivity contribution in [3.8, 4) is 0 Å². The SMILES string of the molecule is CCC(NC1CCc2cc(N)ccc21)c1ccc(C)cc1. The van der Waals surface area contributed by atoms with Crippen LogP contribution >= 0.6 is 0 Å². The van der Waals surface area contributed by atoms with Gasteiger partial charge in [0.2, 0.25) is 0 Å². The number of anilines is 1. The van der Waals surface area contributed by atoms with E-state index in [1.165, 1.54) is 28.7 Å². The van der Waals surface area contributed by atoms with Gasteiger partial charge in [-0.2, -0.15) is 0 Å². The molecule has 0 saturated heterocycles. The van der Waals surface area contributed by atoms with Gasteiger partial charge in [0, 0.05) is 17.8 Å². The second kappa shape index (κ2) is 5.90. The van der Waals surface area contributed by atoms with Crippen LogP contribution in [-0.4, -0.2) is 0 Å². The Morgan fingerprint density at radius 3 is 2.67 bits per heavy atom. The van der Waals surface area contributed by atoms with Crippen LogP contribution in [0.3, 0.4) is 0 Å². The summed E-state index contributed by atoms with van der Waals surface area (Å²) >= 11 is 0. The highest BCUT2D eigenvalue weighted by molar-refractivity contribution is 5.47. The summed E-state index contributed by atoms with van der Waals surface area (Å²) in [5.74, 6) is 0. The van der Waals surface area contributed by atoms with Gasteiger partial charge in [0.15, 0.2) is 0 Å². The number of nitrogen functional groups attached to an aromatic ring is 1. The van der Waals surface area contributed by atoms with E-state index < -0.39 is 0 Å². The van der Waals surface area contributed by atoms with Gasteiger partial charge in [-0.05, 0) is 55.0 Å². The molecular weight excluding hydrogens is 256 g/mol. The first kappa shape index (κ1) is 14.2. The van der Waals surface area contributed by atoms with Gasteiger partial charge >= 0.3 is 0 Å². The monoisotopic (exact) mass is 280 g/mol. The number of nitrogens with two attached hydrogens (primary N) is 1. The first-order valence-electron chi connectivity index (χ1n) is 7.88. The molecule has 2 aromatic carbocycles. The van der Waals surface area contributed by atoms with Crippen molar-refractivity contribution in [2.75, 3.05) is 5.73 Å². The Hall–Kier alpha value is -1.80. The van der Waals surface area contributed by atoms with Crippen molar-refractivity contribution >= 4 is 5.69 Å². The van der Waals surface area contributed by atoms with E-state index in [9.17, 15) is 0 Å². The van der Waals surface area contributed by atoms with E-state index in [0.717, 1.165) is 18.5 Å². The fourth-order valence-corrected chi connectivity index (χ4v) is 3.30. The Morgan fingerprint density at radius 1 is 1.19 bits per heavy atom. The Bertz CT molecular complexity index is 616. The molecule has 2 aromatic rings. The average Bonchev–Trinajstić information content (AvgIpc) is 2.88. The summed E-state index contributed by atoms with van der Waals surface area (Å²) in [6.45, 7) is 4.38. The fraction of sp³-hybridized carbons (Fsp3) is 0.368. The quantitative estimate of drug-likeness (QED) is 0.819. The second-order valence-electron chi connectivity index (χ2n) is 6.09. The number of benzene rings is 2. The minimum absolute atomic E-state index is 0.416. The summed E-state index contributed by atoms with van der Waals surface area (Å²) in [6, 6.07) is 16.1. The molecule has 0 amide bonds. The molecule has 0 heterocycles. The minimum Gasteiger partial charge on any atom is -0.399 e. The Kier molecular flexibility index (Phi) is 3.98. The predicted octanol–water partition coefficient (Wildman–Crippen LogP) is 4.31. The first-order valence-corrected chi connectivity index (χ1v) is 7.88. The highest BCUT2D eigenvalue weighted by Gasteiger charge is 2.24. The number of fused-ring (bicyclic) bond motifs is 1. The number of hydrogen-bond acceptors (Lipinski definition) is 2. The van der Waals surface area contributed by atoms with E-state index in [4.69, 9.17) is 5.73 Å². The van der Waals surface area contributed by atoms with Crippen LogP contribution in [-0.2, 0) is 6.42 Å². The van der Waals surface area contributed by atoms with Crippen LogP contribution in [0.2, 0.25) is 0 Å². The molecule has 110 valence electrons. The molecule has 3 rings (SSSR count). The maximum atomic E-state index is 5.89. The van der Waals surface area contributed by atoms with Crippen LogP contribution in [0.5, 0.6) is 0 Å². The molecule has 2 unspecified atom stereocenters. The molecule has 2 atom stereocenters. The van der Waals surface area contributed by atoms with Gasteiger partial charge in [0.1, 0.15) is 0 Å². The molecule has 0 fully saturated rings. The first-order chi connectivity index (χ1) is 10.2. The van der Waals surface area contributed by atoms with Gasteiger partial charge in [-0.15, -0.1) is 0 Å². The van der Waals surface area contributed by atoms with Gasteiger partial charge in [0.25, 0.3) is 0 Å². The highest BCUT2D eigenvalue weighted by Crippen LogP contribution is 2.34. The van der Waals surface area contributed by atoms with Gasteiger partial charge < -0.3 is 11.1 Å². The Morgan fingerprint density at radius 2 is 1.95 bits per heavy atom. The average molecular weight is 280 g/mol. The second-order valence-corrected chi connectivity index (χ2v) is 6.09. The van der Waals surface area contributed by atoms with Crippen molar-refractivity contribution in [2.24, 2.45) is 0 Å². The van der Waals surface area contributed by atoms with Crippen molar-refractivity contribution in [3.05, 3.63) is 64.7 Å². The van der Waals surface area contributed by atoms with Crippen molar-refractivity contribution in [3.63, 3.8) is 0 Å². The van der Waals surface area contributed by atoms with Crippen LogP contribution in [0.4, 0.5) is 5.69 Å². The van der Waals surface area contributed by atoms with Crippen LogP contribution < -0.4 is 11.1 Å². The topological polar surface area (TPSA) is 38.0 Å². The maximum Gasteiger partial charge on any atom is 0.0331 e. The summed E-state index contributed by atoms with van der Waals surface area (Å²) < 4.78 is 0.